The van der Waals surface area contributed by atoms with E-state index in [9.17, 15) is 14.4 Å². The van der Waals surface area contributed by atoms with Crippen molar-refractivity contribution in [1.29, 1.82) is 0 Å². The summed E-state index contributed by atoms with van der Waals surface area (Å²) in [5.74, 6) is -1.84. The van der Waals surface area contributed by atoms with E-state index in [0.29, 0.717) is 10.6 Å². The number of ether oxygens (including phenoxy) is 1. The van der Waals surface area contributed by atoms with Crippen molar-refractivity contribution in [2.75, 3.05) is 0 Å². The van der Waals surface area contributed by atoms with Gasteiger partial charge in [-0.15, -0.1) is 0 Å². The first kappa shape index (κ1) is 15.9. The van der Waals surface area contributed by atoms with Crippen LogP contribution in [0.3, 0.4) is 0 Å². The lowest BCUT2D eigenvalue weighted by molar-refractivity contribution is -0.146. The molecule has 4 rings (SSSR count). The Balaban J connectivity index is 1.43. The maximum absolute atomic E-state index is 12.5. The Morgan fingerprint density at radius 2 is 1.88 bits per heavy atom. The van der Waals surface area contributed by atoms with Crippen molar-refractivity contribution in [2.24, 2.45) is 23.7 Å². The van der Waals surface area contributed by atoms with Gasteiger partial charge in [0, 0.05) is 16.5 Å². The fourth-order valence-electron chi connectivity index (χ4n) is 4.21. The minimum Gasteiger partial charge on any atom is -0.461 e. The van der Waals surface area contributed by atoms with E-state index in [1.54, 1.807) is 24.3 Å². The third-order valence-corrected chi connectivity index (χ3v) is 6.68. The van der Waals surface area contributed by atoms with Crippen LogP contribution in [0.4, 0.5) is 0 Å². The number of hydrazine groups is 1. The molecule has 2 aliphatic carbocycles. The number of hydrogen-bond donors (Lipinski definition) is 2. The predicted octanol–water partition coefficient (Wildman–Crippen LogP) is 1.67. The second kappa shape index (κ2) is 5.74. The molecule has 3 fully saturated rings. The minimum atomic E-state index is -0.476. The van der Waals surface area contributed by atoms with E-state index in [0.717, 1.165) is 6.42 Å². The average molecular weight is 414 g/mol. The van der Waals surface area contributed by atoms with Gasteiger partial charge < -0.3 is 4.74 Å². The second-order valence-electron chi connectivity index (χ2n) is 6.41. The third kappa shape index (κ3) is 2.33. The van der Waals surface area contributed by atoms with Crippen LogP contribution >= 0.6 is 27.5 Å². The zero-order valence-corrected chi connectivity index (χ0v) is 14.7. The van der Waals surface area contributed by atoms with Gasteiger partial charge in [-0.3, -0.25) is 25.2 Å². The molecule has 2 amide bonds. The summed E-state index contributed by atoms with van der Waals surface area (Å²) in [6.45, 7) is 0. The van der Waals surface area contributed by atoms with Gasteiger partial charge in [0.15, 0.2) is 0 Å². The SMILES string of the molecule is O=C(NNC(=O)[C@@H]1[C@H]2C[C@H]3[C@H](OC(=O)[C@H]31)[C@@H]2Br)c1ccc(Cl)cc1. The summed E-state index contributed by atoms with van der Waals surface area (Å²) in [5.41, 5.74) is 5.22. The van der Waals surface area contributed by atoms with Crippen LogP contribution in [0.5, 0.6) is 0 Å². The number of halogens is 2. The lowest BCUT2D eigenvalue weighted by Gasteiger charge is -2.27. The van der Waals surface area contributed by atoms with Crippen LogP contribution in [0.25, 0.3) is 0 Å². The van der Waals surface area contributed by atoms with Gasteiger partial charge in [-0.1, -0.05) is 27.5 Å². The highest BCUT2D eigenvalue weighted by Gasteiger charge is 2.67. The maximum atomic E-state index is 12.5. The standard InChI is InChI=1S/C16H14BrClN2O4/c17-12-8-5-9-11(16(23)24-13(9)12)10(8)15(22)20-19-14(21)6-1-3-7(18)4-2-6/h1-4,8-13H,5H2,(H,19,21)(H,20,22)/t8-,9-,10-,11-,12-,13+/m1/s1. The molecule has 8 heteroatoms. The summed E-state index contributed by atoms with van der Waals surface area (Å²) in [6.07, 6.45) is 0.667. The number of rotatable bonds is 2. The number of alkyl halides is 1. The Labute approximate surface area is 151 Å². The van der Waals surface area contributed by atoms with E-state index < -0.39 is 17.7 Å². The number of nitrogens with one attached hydrogen (secondary N) is 2. The highest BCUT2D eigenvalue weighted by molar-refractivity contribution is 9.09. The molecule has 2 bridgehead atoms. The molecule has 1 aromatic rings. The summed E-state index contributed by atoms with van der Waals surface area (Å²) >= 11 is 9.33. The number of benzene rings is 1. The van der Waals surface area contributed by atoms with Crippen molar-refractivity contribution in [3.05, 3.63) is 34.9 Å². The summed E-state index contributed by atoms with van der Waals surface area (Å²) in [6, 6.07) is 6.32. The first-order chi connectivity index (χ1) is 11.5. The first-order valence-corrected chi connectivity index (χ1v) is 8.97. The molecule has 2 saturated carbocycles. The Kier molecular flexibility index (Phi) is 3.80. The highest BCUT2D eigenvalue weighted by atomic mass is 79.9. The summed E-state index contributed by atoms with van der Waals surface area (Å²) in [4.78, 5) is 36.6. The van der Waals surface area contributed by atoms with Crippen molar-refractivity contribution in [1.82, 2.24) is 10.9 Å². The fraction of sp³-hybridized carbons (Fsp3) is 0.438. The van der Waals surface area contributed by atoms with Gasteiger partial charge in [0.1, 0.15) is 6.10 Å². The molecular weight excluding hydrogens is 400 g/mol. The normalized spacial score (nSPS) is 35.7. The minimum absolute atomic E-state index is 0.00656. The molecule has 1 heterocycles. The maximum Gasteiger partial charge on any atom is 0.310 e. The molecule has 126 valence electrons. The number of carbonyl (C=O) groups excluding carboxylic acids is 3. The van der Waals surface area contributed by atoms with Crippen molar-refractivity contribution in [3.8, 4) is 0 Å². The Morgan fingerprint density at radius 3 is 2.58 bits per heavy atom. The molecule has 1 aromatic carbocycles. The Morgan fingerprint density at radius 1 is 1.17 bits per heavy atom. The molecule has 3 aliphatic rings. The van der Waals surface area contributed by atoms with Crippen LogP contribution in [0.2, 0.25) is 5.02 Å². The van der Waals surface area contributed by atoms with Gasteiger partial charge in [-0.05, 0) is 36.6 Å². The van der Waals surface area contributed by atoms with Crippen LogP contribution in [0, 0.1) is 23.7 Å². The van der Waals surface area contributed by atoms with Crippen LogP contribution in [0.1, 0.15) is 16.8 Å². The number of carbonyl (C=O) groups is 3. The van der Waals surface area contributed by atoms with Crippen LogP contribution < -0.4 is 10.9 Å². The van der Waals surface area contributed by atoms with Gasteiger partial charge in [-0.2, -0.15) is 0 Å². The topological polar surface area (TPSA) is 84.5 Å². The Bertz CT molecular complexity index is 725. The highest BCUT2D eigenvalue weighted by Crippen LogP contribution is 2.59. The van der Waals surface area contributed by atoms with Gasteiger partial charge in [0.2, 0.25) is 5.91 Å². The third-order valence-electron chi connectivity index (χ3n) is 5.23. The van der Waals surface area contributed by atoms with Crippen molar-refractivity contribution in [2.45, 2.75) is 17.4 Å². The molecule has 0 spiro atoms. The smallest absolute Gasteiger partial charge is 0.310 e. The Hall–Kier alpha value is -1.60. The molecule has 2 N–H and O–H groups in total. The predicted molar refractivity (Wildman–Crippen MR) is 88.2 cm³/mol. The summed E-state index contributed by atoms with van der Waals surface area (Å²) in [5, 5.41) is 0.523. The quantitative estimate of drug-likeness (QED) is 0.439. The van der Waals surface area contributed by atoms with Gasteiger partial charge >= 0.3 is 5.97 Å². The lowest BCUT2D eigenvalue weighted by Crippen LogP contribution is -2.49. The molecule has 24 heavy (non-hydrogen) atoms. The first-order valence-electron chi connectivity index (χ1n) is 7.67. The van der Waals surface area contributed by atoms with Gasteiger partial charge in [0.25, 0.3) is 5.91 Å². The van der Waals surface area contributed by atoms with Crippen molar-refractivity contribution >= 4 is 45.3 Å². The van der Waals surface area contributed by atoms with E-state index in [1.807, 2.05) is 0 Å². The number of hydrogen-bond acceptors (Lipinski definition) is 4. The van der Waals surface area contributed by atoms with E-state index in [-0.39, 0.29) is 34.6 Å². The van der Waals surface area contributed by atoms with Crippen LogP contribution in [-0.4, -0.2) is 28.7 Å². The van der Waals surface area contributed by atoms with Gasteiger partial charge in [0.05, 0.1) is 16.7 Å². The van der Waals surface area contributed by atoms with Gasteiger partial charge in [-0.25, -0.2) is 0 Å². The summed E-state index contributed by atoms with van der Waals surface area (Å²) < 4.78 is 5.37. The zero-order valence-electron chi connectivity index (χ0n) is 12.4. The average Bonchev–Trinajstić information content (AvgIpc) is 3.17. The number of amides is 2. The van der Waals surface area contributed by atoms with E-state index >= 15 is 0 Å². The molecular formula is C16H14BrClN2O4. The number of esters is 1. The molecule has 6 nitrogen and oxygen atoms in total. The van der Waals surface area contributed by atoms with Crippen LogP contribution in [-0.2, 0) is 14.3 Å². The molecule has 1 aliphatic heterocycles. The monoisotopic (exact) mass is 412 g/mol. The van der Waals surface area contributed by atoms with Crippen molar-refractivity contribution < 1.29 is 19.1 Å². The molecule has 0 unspecified atom stereocenters. The van der Waals surface area contributed by atoms with Crippen molar-refractivity contribution in [3.63, 3.8) is 0 Å². The largest absolute Gasteiger partial charge is 0.461 e. The zero-order chi connectivity index (χ0) is 17.0. The number of fused-ring (bicyclic) bond motifs is 1. The fourth-order valence-corrected chi connectivity index (χ4v) is 5.38. The molecule has 1 saturated heterocycles. The van der Waals surface area contributed by atoms with Crippen LogP contribution in [0.15, 0.2) is 24.3 Å². The molecule has 0 radical (unpaired) electrons. The van der Waals surface area contributed by atoms with E-state index in [2.05, 4.69) is 26.8 Å². The summed E-state index contributed by atoms with van der Waals surface area (Å²) in [7, 11) is 0. The molecule has 6 atom stereocenters. The molecule has 0 aromatic heterocycles. The second-order valence-corrected chi connectivity index (χ2v) is 7.90. The lowest BCUT2D eigenvalue weighted by atomic mass is 9.79. The van der Waals surface area contributed by atoms with E-state index in [1.165, 1.54) is 0 Å². The van der Waals surface area contributed by atoms with E-state index in [4.69, 9.17) is 16.3 Å².